The van der Waals surface area contributed by atoms with Crippen molar-refractivity contribution in [1.29, 1.82) is 0 Å². The summed E-state index contributed by atoms with van der Waals surface area (Å²) in [4.78, 5) is 30.1. The fraction of sp³-hybridized carbons (Fsp3) is 0.316. The molecule has 0 aliphatic carbocycles. The first-order valence-electron chi connectivity index (χ1n) is 8.44. The van der Waals surface area contributed by atoms with Crippen LogP contribution in [0.1, 0.15) is 12.0 Å². The molecule has 1 saturated heterocycles. The minimum Gasteiger partial charge on any atom is -0.492 e. The lowest BCUT2D eigenvalue weighted by atomic mass is 10.1. The van der Waals surface area contributed by atoms with Gasteiger partial charge in [0.25, 0.3) is 0 Å². The highest BCUT2D eigenvalue weighted by molar-refractivity contribution is 5.89. The number of nitrogens with zero attached hydrogens (tertiary/aromatic N) is 2. The molecule has 1 unspecified atom stereocenters. The van der Waals surface area contributed by atoms with Crippen LogP contribution < -0.4 is 10.1 Å². The van der Waals surface area contributed by atoms with Crippen molar-refractivity contribution >= 4 is 11.8 Å². The number of hydrogen-bond donors (Lipinski definition) is 1. The predicted molar refractivity (Wildman–Crippen MR) is 92.7 cm³/mol. The quantitative estimate of drug-likeness (QED) is 0.767. The molecule has 0 spiro atoms. The number of hydrogen-bond acceptors (Lipinski definition) is 4. The Morgan fingerprint density at radius 2 is 2.12 bits per heavy atom. The van der Waals surface area contributed by atoms with Crippen molar-refractivity contribution in [3.05, 3.63) is 60.2 Å². The van der Waals surface area contributed by atoms with Gasteiger partial charge in [-0.05, 0) is 35.9 Å². The fourth-order valence-corrected chi connectivity index (χ4v) is 2.83. The molecule has 1 fully saturated rings. The lowest BCUT2D eigenvalue weighted by Crippen LogP contribution is -2.35. The van der Waals surface area contributed by atoms with Gasteiger partial charge >= 0.3 is 0 Å². The van der Waals surface area contributed by atoms with Crippen LogP contribution in [0.2, 0.25) is 0 Å². The van der Waals surface area contributed by atoms with Crippen LogP contribution in [-0.2, 0) is 16.1 Å². The highest BCUT2D eigenvalue weighted by Crippen LogP contribution is 2.20. The van der Waals surface area contributed by atoms with E-state index in [1.807, 2.05) is 12.1 Å². The second-order valence-corrected chi connectivity index (χ2v) is 6.13. The van der Waals surface area contributed by atoms with Gasteiger partial charge < -0.3 is 15.0 Å². The summed E-state index contributed by atoms with van der Waals surface area (Å²) in [6.07, 6.45) is 3.61. The van der Waals surface area contributed by atoms with Crippen LogP contribution in [0.5, 0.6) is 5.75 Å². The number of amides is 2. The molecule has 6 nitrogen and oxygen atoms in total. The Hall–Kier alpha value is -2.96. The Bertz CT molecular complexity index is 752. The van der Waals surface area contributed by atoms with E-state index in [2.05, 4.69) is 10.3 Å². The first kappa shape index (κ1) is 17.8. The molecule has 2 aromatic rings. The van der Waals surface area contributed by atoms with Gasteiger partial charge in [0.15, 0.2) is 0 Å². The second kappa shape index (κ2) is 8.42. The maximum atomic E-state index is 12.8. The van der Waals surface area contributed by atoms with E-state index in [-0.39, 0.29) is 36.6 Å². The van der Waals surface area contributed by atoms with Crippen LogP contribution in [0, 0.1) is 11.7 Å². The third-order valence-corrected chi connectivity index (χ3v) is 4.17. The van der Waals surface area contributed by atoms with Gasteiger partial charge in [-0.25, -0.2) is 4.39 Å². The fourth-order valence-electron chi connectivity index (χ4n) is 2.83. The van der Waals surface area contributed by atoms with Gasteiger partial charge in [0.2, 0.25) is 11.8 Å². The van der Waals surface area contributed by atoms with Crippen molar-refractivity contribution < 1.29 is 18.7 Å². The molecule has 2 heterocycles. The van der Waals surface area contributed by atoms with Crippen LogP contribution in [0.4, 0.5) is 4.39 Å². The third-order valence-electron chi connectivity index (χ3n) is 4.17. The van der Waals surface area contributed by atoms with Crippen molar-refractivity contribution in [2.45, 2.75) is 13.0 Å². The molecule has 7 heteroatoms. The second-order valence-electron chi connectivity index (χ2n) is 6.13. The minimum absolute atomic E-state index is 0.0310. The minimum atomic E-state index is -0.356. The first-order valence-corrected chi connectivity index (χ1v) is 8.44. The number of nitrogens with one attached hydrogen (secondary N) is 1. The van der Waals surface area contributed by atoms with Crippen molar-refractivity contribution in [2.75, 3.05) is 19.7 Å². The first-order chi connectivity index (χ1) is 12.6. The smallest absolute Gasteiger partial charge is 0.225 e. The SMILES string of the molecule is O=C(NCCOc1ccc(F)cc1)C1CC(=O)N(Cc2cccnc2)C1. The Labute approximate surface area is 151 Å². The molecular weight excluding hydrogens is 337 g/mol. The van der Waals surface area contributed by atoms with Gasteiger partial charge in [-0.2, -0.15) is 0 Å². The number of aromatic nitrogens is 1. The Morgan fingerprint density at radius 3 is 2.85 bits per heavy atom. The molecule has 0 bridgehead atoms. The number of rotatable bonds is 7. The average molecular weight is 357 g/mol. The third kappa shape index (κ3) is 4.78. The molecule has 1 aliphatic heterocycles. The van der Waals surface area contributed by atoms with E-state index in [1.54, 1.807) is 17.3 Å². The number of carbonyl (C=O) groups is 2. The normalized spacial score (nSPS) is 16.6. The summed E-state index contributed by atoms with van der Waals surface area (Å²) in [5, 5.41) is 2.78. The van der Waals surface area contributed by atoms with E-state index >= 15 is 0 Å². The molecule has 3 rings (SSSR count). The molecule has 0 radical (unpaired) electrons. The molecule has 136 valence electrons. The van der Waals surface area contributed by atoms with E-state index in [0.29, 0.717) is 25.4 Å². The van der Waals surface area contributed by atoms with Gasteiger partial charge in [-0.1, -0.05) is 6.07 Å². The highest BCUT2D eigenvalue weighted by atomic mass is 19.1. The van der Waals surface area contributed by atoms with Gasteiger partial charge in [0.1, 0.15) is 18.2 Å². The van der Waals surface area contributed by atoms with Gasteiger partial charge in [-0.3, -0.25) is 14.6 Å². The van der Waals surface area contributed by atoms with E-state index in [4.69, 9.17) is 4.74 Å². The molecule has 0 saturated carbocycles. The van der Waals surface area contributed by atoms with E-state index in [1.165, 1.54) is 24.3 Å². The summed E-state index contributed by atoms with van der Waals surface area (Å²) in [6.45, 7) is 1.46. The molecular formula is C19H20FN3O3. The number of halogens is 1. The van der Waals surface area contributed by atoms with E-state index < -0.39 is 0 Å². The molecule has 1 aliphatic rings. The molecule has 1 aromatic carbocycles. The molecule has 1 aromatic heterocycles. The van der Waals surface area contributed by atoms with Crippen molar-refractivity contribution in [3.8, 4) is 5.75 Å². The average Bonchev–Trinajstić information content (AvgIpc) is 3.01. The van der Waals surface area contributed by atoms with Crippen molar-refractivity contribution in [3.63, 3.8) is 0 Å². The van der Waals surface area contributed by atoms with Crippen LogP contribution in [0.25, 0.3) is 0 Å². The van der Waals surface area contributed by atoms with E-state index in [0.717, 1.165) is 5.56 Å². The maximum Gasteiger partial charge on any atom is 0.225 e. The van der Waals surface area contributed by atoms with Crippen molar-refractivity contribution in [2.24, 2.45) is 5.92 Å². The summed E-state index contributed by atoms with van der Waals surface area (Å²) in [7, 11) is 0. The van der Waals surface area contributed by atoms with Crippen LogP contribution >= 0.6 is 0 Å². The zero-order valence-electron chi connectivity index (χ0n) is 14.2. The van der Waals surface area contributed by atoms with Gasteiger partial charge in [-0.15, -0.1) is 0 Å². The molecule has 2 amide bonds. The van der Waals surface area contributed by atoms with Gasteiger partial charge in [0.05, 0.1) is 12.5 Å². The van der Waals surface area contributed by atoms with Crippen LogP contribution in [0.3, 0.4) is 0 Å². The van der Waals surface area contributed by atoms with Gasteiger partial charge in [0, 0.05) is 31.9 Å². The summed E-state index contributed by atoms with van der Waals surface area (Å²) in [5.41, 5.74) is 0.939. The number of pyridine rings is 1. The predicted octanol–water partition coefficient (Wildman–Crippen LogP) is 1.76. The highest BCUT2D eigenvalue weighted by Gasteiger charge is 2.34. The monoisotopic (exact) mass is 357 g/mol. The Kier molecular flexibility index (Phi) is 5.78. The lowest BCUT2D eigenvalue weighted by Gasteiger charge is -2.16. The van der Waals surface area contributed by atoms with E-state index in [9.17, 15) is 14.0 Å². The number of benzene rings is 1. The van der Waals surface area contributed by atoms with Crippen LogP contribution in [-0.4, -0.2) is 41.4 Å². The molecule has 26 heavy (non-hydrogen) atoms. The topological polar surface area (TPSA) is 71.5 Å². The summed E-state index contributed by atoms with van der Waals surface area (Å²) >= 11 is 0. The molecule has 1 N–H and O–H groups in total. The largest absolute Gasteiger partial charge is 0.492 e. The standard InChI is InChI=1S/C19H20FN3O3/c20-16-3-5-17(6-4-16)26-9-8-22-19(25)15-10-18(24)23(13-15)12-14-2-1-7-21-11-14/h1-7,11,15H,8-10,12-13H2,(H,22,25). The summed E-state index contributed by atoms with van der Waals surface area (Å²) in [5.74, 6) is -0.331. The lowest BCUT2D eigenvalue weighted by molar-refractivity contribution is -0.129. The Morgan fingerprint density at radius 1 is 1.31 bits per heavy atom. The number of ether oxygens (including phenoxy) is 1. The zero-order chi connectivity index (χ0) is 18.4. The molecule has 1 atom stereocenters. The zero-order valence-corrected chi connectivity index (χ0v) is 14.2. The Balaban J connectivity index is 1.41. The van der Waals surface area contributed by atoms with Crippen LogP contribution in [0.15, 0.2) is 48.8 Å². The number of likely N-dealkylation sites (tertiary alicyclic amines) is 1. The maximum absolute atomic E-state index is 12.8. The summed E-state index contributed by atoms with van der Waals surface area (Å²) in [6, 6.07) is 9.41. The summed E-state index contributed by atoms with van der Waals surface area (Å²) < 4.78 is 18.2. The van der Waals surface area contributed by atoms with Crippen molar-refractivity contribution in [1.82, 2.24) is 15.2 Å². The number of carbonyl (C=O) groups excluding carboxylic acids is 2.